The molecule has 0 saturated carbocycles. The minimum Gasteiger partial charge on any atom is -0.308 e. The first-order chi connectivity index (χ1) is 28.7. The lowest BCUT2D eigenvalue weighted by Crippen LogP contribution is -2.05. The highest BCUT2D eigenvalue weighted by Crippen LogP contribution is 2.48. The fourth-order valence-corrected chi connectivity index (χ4v) is 10.3. The molecule has 0 spiro atoms. The summed E-state index contributed by atoms with van der Waals surface area (Å²) in [4.78, 5) is 5.67. The highest BCUT2D eigenvalue weighted by atomic mass is 15.1. The van der Waals surface area contributed by atoms with Crippen LogP contribution in [0.25, 0.3) is 120 Å². The van der Waals surface area contributed by atoms with Gasteiger partial charge in [0.1, 0.15) is 5.82 Å². The zero-order valence-electron chi connectivity index (χ0n) is 31.9. The van der Waals surface area contributed by atoms with Gasteiger partial charge in [0.2, 0.25) is 0 Å². The lowest BCUT2D eigenvalue weighted by Gasteiger charge is -2.19. The highest BCUT2D eigenvalue weighted by Gasteiger charge is 2.27. The summed E-state index contributed by atoms with van der Waals surface area (Å²) in [7, 11) is 0. The van der Waals surface area contributed by atoms with Gasteiger partial charge in [0.15, 0.2) is 0 Å². The molecule has 270 valence electrons. The predicted octanol–water partition coefficient (Wildman–Crippen LogP) is 14.7. The van der Waals surface area contributed by atoms with Gasteiger partial charge in [-0.2, -0.15) is 0 Å². The molecule has 58 heavy (non-hydrogen) atoms. The first kappa shape index (κ1) is 31.7. The molecule has 9 aromatic carbocycles. The molecule has 3 nitrogen and oxygen atoms in total. The van der Waals surface area contributed by atoms with Crippen molar-refractivity contribution >= 4 is 92.3 Å². The molecule has 13 aromatic rings. The fourth-order valence-electron chi connectivity index (χ4n) is 10.3. The van der Waals surface area contributed by atoms with Crippen molar-refractivity contribution in [3.63, 3.8) is 0 Å². The maximum absolute atomic E-state index is 5.67. The molecular formula is C55H35N3. The van der Waals surface area contributed by atoms with Gasteiger partial charge in [-0.25, -0.2) is 4.98 Å². The van der Waals surface area contributed by atoms with Crippen molar-refractivity contribution in [3.8, 4) is 28.1 Å². The smallest absolute Gasteiger partial charge is 0.142 e. The molecule has 0 aliphatic heterocycles. The van der Waals surface area contributed by atoms with Crippen molar-refractivity contribution in [2.24, 2.45) is 0 Å². The average Bonchev–Trinajstić information content (AvgIpc) is 3.92. The maximum Gasteiger partial charge on any atom is 0.142 e. The molecule has 0 saturated heterocycles. The summed E-state index contributed by atoms with van der Waals surface area (Å²) in [6.45, 7) is 2.29. The van der Waals surface area contributed by atoms with Crippen LogP contribution in [0.5, 0.6) is 0 Å². The standard InChI is InChI=1S/C55H35N3/c1-2-38-51(37-27-26-35-25-24-34-16-6-7-17-39(34)43(35)31-37)41-19-8-11-21-46(41)56-55(38)58-49-29-28-36(33-14-4-3-5-15-33)30-45(49)52-50(58)32-44-40-18-9-12-22-47(40)57-48-23-13-10-20-42(48)53(52)54(44)57/h3-32H,2H2,1H3. The van der Waals surface area contributed by atoms with Crippen LogP contribution in [0.3, 0.4) is 0 Å². The van der Waals surface area contributed by atoms with Gasteiger partial charge >= 0.3 is 0 Å². The summed E-state index contributed by atoms with van der Waals surface area (Å²) in [5.74, 6) is 0.989. The Balaban J connectivity index is 1.22. The van der Waals surface area contributed by atoms with Gasteiger partial charge in [-0.15, -0.1) is 0 Å². The van der Waals surface area contributed by atoms with E-state index in [0.717, 1.165) is 23.3 Å². The highest BCUT2D eigenvalue weighted by molar-refractivity contribution is 6.36. The lowest BCUT2D eigenvalue weighted by atomic mass is 9.91. The zero-order chi connectivity index (χ0) is 38.1. The third kappa shape index (κ3) is 4.20. The first-order valence-electron chi connectivity index (χ1n) is 20.3. The topological polar surface area (TPSA) is 22.2 Å². The number of pyridine rings is 1. The Labute approximate surface area is 334 Å². The first-order valence-corrected chi connectivity index (χ1v) is 20.3. The molecule has 0 N–H and O–H groups in total. The summed E-state index contributed by atoms with van der Waals surface area (Å²) in [6, 6.07) is 67.1. The Morgan fingerprint density at radius 2 is 1.05 bits per heavy atom. The maximum atomic E-state index is 5.67. The Morgan fingerprint density at radius 1 is 0.414 bits per heavy atom. The van der Waals surface area contributed by atoms with Crippen LogP contribution < -0.4 is 0 Å². The van der Waals surface area contributed by atoms with E-state index in [1.54, 1.807) is 0 Å². The molecule has 0 unspecified atom stereocenters. The summed E-state index contributed by atoms with van der Waals surface area (Å²) in [5.41, 5.74) is 13.2. The van der Waals surface area contributed by atoms with Crippen LogP contribution in [0.2, 0.25) is 0 Å². The number of aromatic nitrogens is 3. The van der Waals surface area contributed by atoms with Gasteiger partial charge in [-0.05, 0) is 92.7 Å². The quantitative estimate of drug-likeness (QED) is 0.165. The second-order valence-corrected chi connectivity index (χ2v) is 15.7. The Kier molecular flexibility index (Phi) is 6.43. The van der Waals surface area contributed by atoms with Crippen LogP contribution in [0, 0.1) is 0 Å². The van der Waals surface area contributed by atoms with Crippen LogP contribution in [0.4, 0.5) is 0 Å². The molecule has 4 heterocycles. The van der Waals surface area contributed by atoms with Crippen molar-refractivity contribution in [3.05, 3.63) is 188 Å². The summed E-state index contributed by atoms with van der Waals surface area (Å²) in [6.07, 6.45) is 0.816. The third-order valence-electron chi connectivity index (χ3n) is 12.8. The molecule has 0 atom stereocenters. The van der Waals surface area contributed by atoms with E-state index in [-0.39, 0.29) is 0 Å². The van der Waals surface area contributed by atoms with Crippen LogP contribution >= 0.6 is 0 Å². The Hall–Kier alpha value is -7.49. The number of hydrogen-bond acceptors (Lipinski definition) is 1. The average molecular weight is 738 g/mol. The third-order valence-corrected chi connectivity index (χ3v) is 12.8. The van der Waals surface area contributed by atoms with Crippen LogP contribution in [0.15, 0.2) is 182 Å². The van der Waals surface area contributed by atoms with Crippen molar-refractivity contribution in [1.82, 2.24) is 14.0 Å². The molecule has 0 fully saturated rings. The monoisotopic (exact) mass is 737 g/mol. The van der Waals surface area contributed by atoms with Gasteiger partial charge in [0.05, 0.1) is 33.1 Å². The SMILES string of the molecule is CCc1c(-n2c3ccc(-c4ccccc4)cc3c3c4c5ccccc5n5c6ccccc6c(cc32)c45)nc2ccccc2c1-c1ccc2ccc3ccccc3c2c1. The van der Waals surface area contributed by atoms with E-state index in [2.05, 4.69) is 198 Å². The van der Waals surface area contributed by atoms with Crippen molar-refractivity contribution < 1.29 is 0 Å². The number of hydrogen-bond donors (Lipinski definition) is 0. The van der Waals surface area contributed by atoms with Gasteiger partial charge < -0.3 is 4.40 Å². The van der Waals surface area contributed by atoms with Gasteiger partial charge in [-0.3, -0.25) is 4.57 Å². The van der Waals surface area contributed by atoms with Crippen molar-refractivity contribution in [2.45, 2.75) is 13.3 Å². The van der Waals surface area contributed by atoms with Gasteiger partial charge in [-0.1, -0.05) is 146 Å². The van der Waals surface area contributed by atoms with Gasteiger partial charge in [0, 0.05) is 43.3 Å². The van der Waals surface area contributed by atoms with E-state index in [1.165, 1.54) is 109 Å². The molecule has 0 amide bonds. The Bertz CT molecular complexity index is 3830. The number of nitrogens with zero attached hydrogens (tertiary/aromatic N) is 3. The second-order valence-electron chi connectivity index (χ2n) is 15.7. The van der Waals surface area contributed by atoms with Crippen LogP contribution in [-0.4, -0.2) is 14.0 Å². The summed E-state index contributed by atoms with van der Waals surface area (Å²) in [5, 5.41) is 13.8. The summed E-state index contributed by atoms with van der Waals surface area (Å²) < 4.78 is 4.99. The normalized spacial score (nSPS) is 12.3. The van der Waals surface area contributed by atoms with Crippen LogP contribution in [-0.2, 0) is 6.42 Å². The number of benzene rings is 9. The van der Waals surface area contributed by atoms with Crippen molar-refractivity contribution in [2.75, 3.05) is 0 Å². The van der Waals surface area contributed by atoms with E-state index in [4.69, 9.17) is 4.98 Å². The van der Waals surface area contributed by atoms with E-state index >= 15 is 0 Å². The number of rotatable bonds is 4. The number of fused-ring (bicyclic) bond motifs is 14. The fraction of sp³-hybridized carbons (Fsp3) is 0.0364. The van der Waals surface area contributed by atoms with E-state index in [1.807, 2.05) is 0 Å². The molecular weight excluding hydrogens is 703 g/mol. The zero-order valence-corrected chi connectivity index (χ0v) is 31.9. The molecule has 3 heteroatoms. The molecule has 0 radical (unpaired) electrons. The largest absolute Gasteiger partial charge is 0.308 e. The second kappa shape index (κ2) is 11.8. The number of para-hydroxylation sites is 3. The van der Waals surface area contributed by atoms with E-state index < -0.39 is 0 Å². The van der Waals surface area contributed by atoms with Gasteiger partial charge in [0.25, 0.3) is 0 Å². The molecule has 0 aliphatic rings. The van der Waals surface area contributed by atoms with E-state index in [9.17, 15) is 0 Å². The minimum absolute atomic E-state index is 0.816. The Morgan fingerprint density at radius 3 is 1.88 bits per heavy atom. The van der Waals surface area contributed by atoms with Crippen LogP contribution in [0.1, 0.15) is 12.5 Å². The molecule has 4 aromatic heterocycles. The lowest BCUT2D eigenvalue weighted by molar-refractivity contribution is 1.02. The molecule has 0 bridgehead atoms. The van der Waals surface area contributed by atoms with Crippen molar-refractivity contribution in [1.29, 1.82) is 0 Å². The molecule has 13 rings (SSSR count). The summed E-state index contributed by atoms with van der Waals surface area (Å²) >= 11 is 0. The predicted molar refractivity (Wildman–Crippen MR) is 246 cm³/mol. The minimum atomic E-state index is 0.816. The van der Waals surface area contributed by atoms with E-state index in [0.29, 0.717) is 0 Å². The molecule has 0 aliphatic carbocycles.